The van der Waals surface area contributed by atoms with Gasteiger partial charge in [-0.1, -0.05) is 83.1 Å². The maximum absolute atomic E-state index is 12.3. The van der Waals surface area contributed by atoms with Crippen molar-refractivity contribution in [3.8, 4) is 0 Å². The van der Waals surface area contributed by atoms with Crippen LogP contribution in [0.3, 0.4) is 0 Å². The number of rotatable bonds is 11. The topological polar surface area (TPSA) is 26.3 Å². The smallest absolute Gasteiger partial charge is 0.309 e. The van der Waals surface area contributed by atoms with Crippen LogP contribution in [0.15, 0.2) is 24.3 Å². The van der Waals surface area contributed by atoms with Crippen LogP contribution in [0.5, 0.6) is 0 Å². The normalized spacial score (nSPS) is 20.5. The van der Waals surface area contributed by atoms with Gasteiger partial charge in [-0.15, -0.1) is 0 Å². The standard InChI is InChI=1S/C23H36O2/c1-3-5-7-8-9-10-12-21-17-18-22(25-23(21)24)20-15-13-19(14-16-20)11-6-4-2/h13-16,21-22H,3-12,17-18H2,1-2H3. The first kappa shape index (κ1) is 20.0. The molecule has 25 heavy (non-hydrogen) atoms. The molecule has 140 valence electrons. The molecule has 1 heterocycles. The van der Waals surface area contributed by atoms with Crippen molar-refractivity contribution in [1.82, 2.24) is 0 Å². The molecule has 0 aliphatic carbocycles. The molecule has 2 atom stereocenters. The Morgan fingerprint density at radius 1 is 0.880 bits per heavy atom. The summed E-state index contributed by atoms with van der Waals surface area (Å²) in [5.74, 6) is 0.158. The van der Waals surface area contributed by atoms with E-state index in [1.54, 1.807) is 0 Å². The molecule has 2 unspecified atom stereocenters. The summed E-state index contributed by atoms with van der Waals surface area (Å²) in [4.78, 5) is 12.3. The molecule has 1 aliphatic rings. The fraction of sp³-hybridized carbons (Fsp3) is 0.696. The Morgan fingerprint density at radius 2 is 1.56 bits per heavy atom. The average Bonchev–Trinajstić information content (AvgIpc) is 2.64. The first-order valence-electron chi connectivity index (χ1n) is 10.5. The van der Waals surface area contributed by atoms with E-state index in [0.29, 0.717) is 0 Å². The van der Waals surface area contributed by atoms with Gasteiger partial charge in [-0.3, -0.25) is 4.79 Å². The summed E-state index contributed by atoms with van der Waals surface area (Å²) in [5.41, 5.74) is 2.54. The van der Waals surface area contributed by atoms with Crippen molar-refractivity contribution in [2.45, 2.75) is 97.0 Å². The van der Waals surface area contributed by atoms with Gasteiger partial charge in [0.05, 0.1) is 5.92 Å². The summed E-state index contributed by atoms with van der Waals surface area (Å²) in [5, 5.41) is 0. The highest BCUT2D eigenvalue weighted by molar-refractivity contribution is 5.73. The number of carbonyl (C=O) groups is 1. The van der Waals surface area contributed by atoms with Crippen molar-refractivity contribution in [2.75, 3.05) is 0 Å². The van der Waals surface area contributed by atoms with Gasteiger partial charge in [-0.25, -0.2) is 0 Å². The molecule has 1 aliphatic heterocycles. The Bertz CT molecular complexity index is 491. The first-order chi connectivity index (χ1) is 12.2. The molecule has 1 aromatic carbocycles. The van der Waals surface area contributed by atoms with E-state index in [2.05, 4.69) is 38.1 Å². The van der Waals surface area contributed by atoms with Gasteiger partial charge in [0.2, 0.25) is 0 Å². The zero-order valence-electron chi connectivity index (χ0n) is 16.3. The van der Waals surface area contributed by atoms with Gasteiger partial charge in [0.15, 0.2) is 0 Å². The Labute approximate surface area is 154 Å². The lowest BCUT2D eigenvalue weighted by Crippen LogP contribution is -2.26. The van der Waals surface area contributed by atoms with E-state index in [1.807, 2.05) is 0 Å². The molecule has 0 aromatic heterocycles. The van der Waals surface area contributed by atoms with Crippen molar-refractivity contribution < 1.29 is 9.53 Å². The molecular weight excluding hydrogens is 308 g/mol. The van der Waals surface area contributed by atoms with Crippen LogP contribution in [0.4, 0.5) is 0 Å². The number of ether oxygens (including phenoxy) is 1. The maximum atomic E-state index is 12.3. The molecule has 2 nitrogen and oxygen atoms in total. The van der Waals surface area contributed by atoms with Crippen LogP contribution in [0.1, 0.15) is 102 Å². The zero-order valence-corrected chi connectivity index (χ0v) is 16.3. The van der Waals surface area contributed by atoms with Gasteiger partial charge >= 0.3 is 5.97 Å². The summed E-state index contributed by atoms with van der Waals surface area (Å²) in [6.07, 6.45) is 14.2. The number of cyclic esters (lactones) is 1. The lowest BCUT2D eigenvalue weighted by molar-refractivity contribution is -0.161. The molecule has 1 saturated heterocycles. The van der Waals surface area contributed by atoms with Crippen LogP contribution < -0.4 is 0 Å². The van der Waals surface area contributed by atoms with Crippen molar-refractivity contribution in [3.05, 3.63) is 35.4 Å². The SMILES string of the molecule is CCCCCCCCC1CCC(c2ccc(CCCC)cc2)OC1=O. The zero-order chi connectivity index (χ0) is 17.9. The Balaban J connectivity index is 1.72. The maximum Gasteiger partial charge on any atom is 0.309 e. The summed E-state index contributed by atoms with van der Waals surface area (Å²) in [6, 6.07) is 8.69. The van der Waals surface area contributed by atoms with E-state index in [4.69, 9.17) is 4.74 Å². The van der Waals surface area contributed by atoms with Gasteiger partial charge in [-0.05, 0) is 43.2 Å². The van der Waals surface area contributed by atoms with Crippen molar-refractivity contribution in [3.63, 3.8) is 0 Å². The molecule has 1 fully saturated rings. The van der Waals surface area contributed by atoms with Crippen molar-refractivity contribution in [2.24, 2.45) is 5.92 Å². The molecule has 0 N–H and O–H groups in total. The third-order valence-electron chi connectivity index (χ3n) is 5.45. The van der Waals surface area contributed by atoms with Crippen molar-refractivity contribution in [1.29, 1.82) is 0 Å². The number of esters is 1. The highest BCUT2D eigenvalue weighted by Crippen LogP contribution is 2.33. The van der Waals surface area contributed by atoms with E-state index >= 15 is 0 Å². The summed E-state index contributed by atoms with van der Waals surface area (Å²) >= 11 is 0. The predicted octanol–water partition coefficient (Wildman–Crippen LogP) is 6.77. The second kappa shape index (κ2) is 11.3. The van der Waals surface area contributed by atoms with Crippen LogP contribution in [0.25, 0.3) is 0 Å². The minimum absolute atomic E-state index is 0.0277. The minimum atomic E-state index is -0.0338. The predicted molar refractivity (Wildman–Crippen MR) is 105 cm³/mol. The molecule has 2 rings (SSSR count). The monoisotopic (exact) mass is 344 g/mol. The van der Waals surface area contributed by atoms with Crippen LogP contribution in [-0.4, -0.2) is 5.97 Å². The summed E-state index contributed by atoms with van der Waals surface area (Å²) < 4.78 is 5.76. The van der Waals surface area contributed by atoms with E-state index in [1.165, 1.54) is 56.9 Å². The van der Waals surface area contributed by atoms with Crippen molar-refractivity contribution >= 4 is 5.97 Å². The quantitative estimate of drug-likeness (QED) is 0.327. The molecule has 0 radical (unpaired) electrons. The van der Waals surface area contributed by atoms with E-state index in [9.17, 15) is 4.79 Å². The Kier molecular flexibility index (Phi) is 9.07. The highest BCUT2D eigenvalue weighted by Gasteiger charge is 2.30. The lowest BCUT2D eigenvalue weighted by Gasteiger charge is -2.28. The summed E-state index contributed by atoms with van der Waals surface area (Å²) in [7, 11) is 0. The molecule has 2 heteroatoms. The van der Waals surface area contributed by atoms with Crippen LogP contribution >= 0.6 is 0 Å². The number of carbonyl (C=O) groups excluding carboxylic acids is 1. The molecule has 0 saturated carbocycles. The van der Waals surface area contributed by atoms with Gasteiger partial charge in [0, 0.05) is 0 Å². The van der Waals surface area contributed by atoms with E-state index in [0.717, 1.165) is 31.2 Å². The molecular formula is C23H36O2. The number of hydrogen-bond donors (Lipinski definition) is 0. The molecule has 0 amide bonds. The van der Waals surface area contributed by atoms with Crippen LogP contribution in [-0.2, 0) is 16.0 Å². The summed E-state index contributed by atoms with van der Waals surface area (Å²) in [6.45, 7) is 4.46. The number of hydrogen-bond acceptors (Lipinski definition) is 2. The lowest BCUT2D eigenvalue weighted by atomic mass is 9.90. The van der Waals surface area contributed by atoms with E-state index in [-0.39, 0.29) is 18.0 Å². The third-order valence-corrected chi connectivity index (χ3v) is 5.45. The van der Waals surface area contributed by atoms with Gasteiger partial charge in [0.1, 0.15) is 6.10 Å². The number of unbranched alkanes of at least 4 members (excludes halogenated alkanes) is 6. The van der Waals surface area contributed by atoms with Gasteiger partial charge < -0.3 is 4.74 Å². The molecule has 0 bridgehead atoms. The largest absolute Gasteiger partial charge is 0.457 e. The fourth-order valence-corrected chi connectivity index (χ4v) is 3.71. The molecule has 1 aromatic rings. The molecule has 0 spiro atoms. The van der Waals surface area contributed by atoms with Crippen LogP contribution in [0.2, 0.25) is 0 Å². The number of aryl methyl sites for hydroxylation is 1. The van der Waals surface area contributed by atoms with Gasteiger partial charge in [0.25, 0.3) is 0 Å². The van der Waals surface area contributed by atoms with Crippen LogP contribution in [0, 0.1) is 5.92 Å². The first-order valence-corrected chi connectivity index (χ1v) is 10.5. The van der Waals surface area contributed by atoms with Gasteiger partial charge in [-0.2, -0.15) is 0 Å². The number of benzene rings is 1. The highest BCUT2D eigenvalue weighted by atomic mass is 16.5. The third kappa shape index (κ3) is 6.84. The minimum Gasteiger partial charge on any atom is -0.457 e. The Hall–Kier alpha value is -1.31. The fourth-order valence-electron chi connectivity index (χ4n) is 3.71. The average molecular weight is 345 g/mol. The Morgan fingerprint density at radius 3 is 2.24 bits per heavy atom. The second-order valence-electron chi connectivity index (χ2n) is 7.60. The van der Waals surface area contributed by atoms with E-state index < -0.39 is 0 Å². The second-order valence-corrected chi connectivity index (χ2v) is 7.60.